The van der Waals surface area contributed by atoms with Crippen molar-refractivity contribution >= 4 is 13.6 Å². The molecule has 5 N–H and O–H groups in total. The summed E-state index contributed by atoms with van der Waals surface area (Å²) in [5.41, 5.74) is 0. The highest BCUT2D eigenvalue weighted by atomic mass is 31.2. The standard InChI is InChI=1S/C14H27O10P/c1-22-10(15)5-3-2-4-7-23-14-13(18)12(17)11(16)9(24-14)6-8-25(19,20)21/h9,11-14,16-18H,2-8H2,1H3,(H2,19,20,21)/t9-,11-,12+,13+,14+/m1/s1. The van der Waals surface area contributed by atoms with Crippen LogP contribution in [0.25, 0.3) is 0 Å². The molecule has 0 aromatic carbocycles. The molecule has 148 valence electrons. The third-order valence-electron chi connectivity index (χ3n) is 3.91. The molecule has 1 heterocycles. The molecule has 0 bridgehead atoms. The molecule has 0 amide bonds. The van der Waals surface area contributed by atoms with Crippen LogP contribution in [0.1, 0.15) is 32.1 Å². The van der Waals surface area contributed by atoms with E-state index in [1.54, 1.807) is 0 Å². The van der Waals surface area contributed by atoms with Gasteiger partial charge in [-0.05, 0) is 19.3 Å². The van der Waals surface area contributed by atoms with Crippen molar-refractivity contribution in [2.45, 2.75) is 62.8 Å². The topological polar surface area (TPSA) is 163 Å². The lowest BCUT2D eigenvalue weighted by Gasteiger charge is -2.40. The van der Waals surface area contributed by atoms with Crippen molar-refractivity contribution in [1.29, 1.82) is 0 Å². The van der Waals surface area contributed by atoms with E-state index in [1.807, 2.05) is 0 Å². The maximum atomic E-state index is 11.0. The molecule has 1 fully saturated rings. The lowest BCUT2D eigenvalue weighted by atomic mass is 9.97. The molecular weight excluding hydrogens is 359 g/mol. The fourth-order valence-electron chi connectivity index (χ4n) is 2.44. The Hall–Kier alpha value is -0.580. The summed E-state index contributed by atoms with van der Waals surface area (Å²) in [6, 6.07) is 0. The Kier molecular flexibility index (Phi) is 9.47. The van der Waals surface area contributed by atoms with Gasteiger partial charge in [0, 0.05) is 13.0 Å². The van der Waals surface area contributed by atoms with Gasteiger partial charge in [0.2, 0.25) is 0 Å². The maximum absolute atomic E-state index is 11.0. The Bertz CT molecular complexity index is 453. The second kappa shape index (κ2) is 10.5. The second-order valence-corrected chi connectivity index (χ2v) is 7.73. The van der Waals surface area contributed by atoms with Gasteiger partial charge in [-0.3, -0.25) is 9.36 Å². The van der Waals surface area contributed by atoms with Crippen molar-refractivity contribution in [3.05, 3.63) is 0 Å². The van der Waals surface area contributed by atoms with Crippen LogP contribution in [0.3, 0.4) is 0 Å². The van der Waals surface area contributed by atoms with Gasteiger partial charge in [0.1, 0.15) is 18.3 Å². The minimum atomic E-state index is -4.27. The largest absolute Gasteiger partial charge is 0.469 e. The highest BCUT2D eigenvalue weighted by Crippen LogP contribution is 2.37. The van der Waals surface area contributed by atoms with E-state index in [9.17, 15) is 24.7 Å². The smallest absolute Gasteiger partial charge is 0.325 e. The van der Waals surface area contributed by atoms with Gasteiger partial charge in [0.05, 0.1) is 19.4 Å². The van der Waals surface area contributed by atoms with E-state index >= 15 is 0 Å². The van der Waals surface area contributed by atoms with E-state index < -0.39 is 44.5 Å². The van der Waals surface area contributed by atoms with E-state index in [2.05, 4.69) is 4.74 Å². The molecule has 11 heteroatoms. The van der Waals surface area contributed by atoms with Crippen molar-refractivity contribution in [1.82, 2.24) is 0 Å². The monoisotopic (exact) mass is 386 g/mol. The normalized spacial score (nSPS) is 30.2. The number of methoxy groups -OCH3 is 1. The van der Waals surface area contributed by atoms with Gasteiger partial charge in [-0.15, -0.1) is 0 Å². The zero-order chi connectivity index (χ0) is 19.0. The van der Waals surface area contributed by atoms with E-state index in [-0.39, 0.29) is 19.0 Å². The Morgan fingerprint density at radius 1 is 1.08 bits per heavy atom. The zero-order valence-electron chi connectivity index (χ0n) is 14.1. The van der Waals surface area contributed by atoms with Gasteiger partial charge in [0.25, 0.3) is 0 Å². The van der Waals surface area contributed by atoms with Crippen LogP contribution in [0, 0.1) is 0 Å². The summed E-state index contributed by atoms with van der Waals surface area (Å²) in [6.07, 6.45) is -5.27. The van der Waals surface area contributed by atoms with Gasteiger partial charge >= 0.3 is 13.6 Å². The quantitative estimate of drug-likeness (QED) is 0.181. The number of aliphatic hydroxyl groups is 3. The maximum Gasteiger partial charge on any atom is 0.325 e. The van der Waals surface area contributed by atoms with Gasteiger partial charge in [-0.25, -0.2) is 0 Å². The van der Waals surface area contributed by atoms with E-state index in [0.29, 0.717) is 25.7 Å². The van der Waals surface area contributed by atoms with E-state index in [4.69, 9.17) is 19.3 Å². The molecule has 0 spiro atoms. The first kappa shape index (κ1) is 22.5. The molecule has 10 nitrogen and oxygen atoms in total. The van der Waals surface area contributed by atoms with Crippen LogP contribution in [-0.2, 0) is 23.6 Å². The van der Waals surface area contributed by atoms with E-state index in [1.165, 1.54) is 7.11 Å². The van der Waals surface area contributed by atoms with Crippen LogP contribution in [0.15, 0.2) is 0 Å². The first-order valence-corrected chi connectivity index (χ1v) is 9.88. The van der Waals surface area contributed by atoms with E-state index in [0.717, 1.165) is 0 Å². The molecular formula is C14H27O10P. The number of rotatable bonds is 10. The summed E-state index contributed by atoms with van der Waals surface area (Å²) in [4.78, 5) is 28.8. The fourth-order valence-corrected chi connectivity index (χ4v) is 3.03. The van der Waals surface area contributed by atoms with Crippen molar-refractivity contribution in [3.63, 3.8) is 0 Å². The molecule has 0 unspecified atom stereocenters. The molecule has 0 aromatic heterocycles. The molecule has 5 atom stereocenters. The predicted octanol–water partition coefficient (Wildman–Crippen LogP) is -0.888. The lowest BCUT2D eigenvalue weighted by molar-refractivity contribution is -0.297. The fraction of sp³-hybridized carbons (Fsp3) is 0.929. The number of esters is 1. The first-order chi connectivity index (χ1) is 11.7. The number of carbonyl (C=O) groups excluding carboxylic acids is 1. The summed E-state index contributed by atoms with van der Waals surface area (Å²) in [7, 11) is -2.96. The van der Waals surface area contributed by atoms with Gasteiger partial charge in [-0.2, -0.15) is 0 Å². The lowest BCUT2D eigenvalue weighted by Crippen LogP contribution is -2.58. The number of hydrogen-bond donors (Lipinski definition) is 5. The van der Waals surface area contributed by atoms with Crippen LogP contribution in [0.4, 0.5) is 0 Å². The van der Waals surface area contributed by atoms with Crippen molar-refractivity contribution < 1.29 is 48.7 Å². The van der Waals surface area contributed by atoms with Crippen LogP contribution in [0.5, 0.6) is 0 Å². The molecule has 0 aromatic rings. The van der Waals surface area contributed by atoms with Crippen LogP contribution >= 0.6 is 7.60 Å². The van der Waals surface area contributed by atoms with Crippen LogP contribution in [0.2, 0.25) is 0 Å². The third-order valence-corrected chi connectivity index (χ3v) is 4.75. The number of unbranched alkanes of at least 4 members (excludes halogenated alkanes) is 2. The average Bonchev–Trinajstić information content (AvgIpc) is 2.55. The molecule has 1 aliphatic rings. The number of aliphatic hydroxyl groups excluding tert-OH is 3. The Morgan fingerprint density at radius 2 is 1.76 bits per heavy atom. The molecule has 0 radical (unpaired) electrons. The Morgan fingerprint density at radius 3 is 2.36 bits per heavy atom. The number of ether oxygens (including phenoxy) is 3. The molecule has 0 saturated carbocycles. The third kappa shape index (κ3) is 8.10. The minimum absolute atomic E-state index is 0.186. The van der Waals surface area contributed by atoms with Crippen molar-refractivity contribution in [2.75, 3.05) is 19.9 Å². The summed E-state index contributed by atoms with van der Waals surface area (Å²) < 4.78 is 26.1. The minimum Gasteiger partial charge on any atom is -0.469 e. The molecule has 0 aliphatic carbocycles. The van der Waals surface area contributed by atoms with Gasteiger partial charge in [0.15, 0.2) is 6.29 Å². The molecule has 1 aliphatic heterocycles. The number of carbonyl (C=O) groups is 1. The summed E-state index contributed by atoms with van der Waals surface area (Å²) in [5.74, 6) is -0.294. The molecule has 25 heavy (non-hydrogen) atoms. The number of hydrogen-bond acceptors (Lipinski definition) is 8. The van der Waals surface area contributed by atoms with Crippen LogP contribution < -0.4 is 0 Å². The Balaban J connectivity index is 2.38. The summed E-state index contributed by atoms with van der Waals surface area (Å²) in [6.45, 7) is 0.191. The molecule has 1 saturated heterocycles. The van der Waals surface area contributed by atoms with Gasteiger partial charge < -0.3 is 39.3 Å². The first-order valence-electron chi connectivity index (χ1n) is 8.08. The van der Waals surface area contributed by atoms with Crippen molar-refractivity contribution in [2.24, 2.45) is 0 Å². The van der Waals surface area contributed by atoms with Crippen LogP contribution in [-0.4, -0.2) is 81.7 Å². The Labute approximate surface area is 145 Å². The second-order valence-electron chi connectivity index (χ2n) is 5.95. The predicted molar refractivity (Wildman–Crippen MR) is 84.6 cm³/mol. The summed E-state index contributed by atoms with van der Waals surface area (Å²) >= 11 is 0. The highest BCUT2D eigenvalue weighted by molar-refractivity contribution is 7.51. The molecule has 1 rings (SSSR count). The average molecular weight is 386 g/mol. The zero-order valence-corrected chi connectivity index (χ0v) is 15.0. The highest BCUT2D eigenvalue weighted by Gasteiger charge is 2.44. The summed E-state index contributed by atoms with van der Waals surface area (Å²) in [5, 5.41) is 29.6. The SMILES string of the molecule is COC(=O)CCCCCO[C@H]1O[C@H](CCP(=O)(O)O)[C@@H](O)[C@H](O)[C@@H]1O. The van der Waals surface area contributed by atoms with Gasteiger partial charge in [-0.1, -0.05) is 6.42 Å². The van der Waals surface area contributed by atoms with Crippen molar-refractivity contribution in [3.8, 4) is 0 Å².